The Morgan fingerprint density at radius 2 is 1.71 bits per heavy atom. The van der Waals surface area contributed by atoms with Gasteiger partial charge in [0.2, 0.25) is 0 Å². The van der Waals surface area contributed by atoms with Crippen LogP contribution in [0.25, 0.3) is 0 Å². The molecule has 2 rings (SSSR count). The summed E-state index contributed by atoms with van der Waals surface area (Å²) in [6, 6.07) is 7.12. The molecule has 0 spiro atoms. The van der Waals surface area contributed by atoms with Crippen molar-refractivity contribution in [3.63, 3.8) is 0 Å². The van der Waals surface area contributed by atoms with E-state index >= 15 is 0 Å². The molecule has 108 valence electrons. The fourth-order valence-electron chi connectivity index (χ4n) is 1.73. The van der Waals surface area contributed by atoms with Gasteiger partial charge in [-0.1, -0.05) is 6.07 Å². The number of nitrogen functional groups attached to an aromatic ring is 1. The lowest BCUT2D eigenvalue weighted by atomic mass is 10.1. The van der Waals surface area contributed by atoms with Crippen molar-refractivity contribution in [2.24, 2.45) is 5.73 Å². The molecule has 2 amide bonds. The third-order valence-corrected chi connectivity index (χ3v) is 2.79. The molecule has 2 aromatic carbocycles. The maximum absolute atomic E-state index is 13.3. The first-order chi connectivity index (χ1) is 9.90. The van der Waals surface area contributed by atoms with Crippen LogP contribution in [0.5, 0.6) is 0 Å². The molecule has 0 aliphatic rings. The second-order valence-corrected chi connectivity index (χ2v) is 4.21. The van der Waals surface area contributed by atoms with Gasteiger partial charge in [0.05, 0.1) is 16.8 Å². The van der Waals surface area contributed by atoms with Gasteiger partial charge in [-0.3, -0.25) is 9.59 Å². The van der Waals surface area contributed by atoms with Crippen LogP contribution in [0.1, 0.15) is 20.7 Å². The minimum absolute atomic E-state index is 0.0695. The number of nitrogens with one attached hydrogen (secondary N) is 1. The zero-order chi connectivity index (χ0) is 15.6. The van der Waals surface area contributed by atoms with Crippen LogP contribution in [-0.4, -0.2) is 11.8 Å². The summed E-state index contributed by atoms with van der Waals surface area (Å²) in [5.41, 5.74) is 9.89. The predicted octanol–water partition coefficient (Wildman–Crippen LogP) is 1.90. The average molecular weight is 291 g/mol. The van der Waals surface area contributed by atoms with Crippen LogP contribution in [0, 0.1) is 11.6 Å². The van der Waals surface area contributed by atoms with Crippen LogP contribution in [0.2, 0.25) is 0 Å². The molecule has 0 aromatic heterocycles. The summed E-state index contributed by atoms with van der Waals surface area (Å²) in [4.78, 5) is 23.0. The minimum Gasteiger partial charge on any atom is -0.396 e. The third-order valence-electron chi connectivity index (χ3n) is 2.79. The SMILES string of the molecule is NC(=O)c1cc(NC(=O)c2cccc(F)c2N)ccc1F. The molecular formula is C14H11F2N3O2. The number of nitrogens with two attached hydrogens (primary N) is 2. The molecule has 0 aliphatic heterocycles. The van der Waals surface area contributed by atoms with E-state index in [9.17, 15) is 18.4 Å². The van der Waals surface area contributed by atoms with Gasteiger partial charge in [0.1, 0.15) is 11.6 Å². The Morgan fingerprint density at radius 3 is 2.38 bits per heavy atom. The maximum atomic E-state index is 13.3. The van der Waals surface area contributed by atoms with E-state index in [-0.39, 0.29) is 22.5 Å². The lowest BCUT2D eigenvalue weighted by Gasteiger charge is -2.09. The highest BCUT2D eigenvalue weighted by atomic mass is 19.1. The molecule has 0 radical (unpaired) electrons. The van der Waals surface area contributed by atoms with Crippen molar-refractivity contribution in [1.29, 1.82) is 0 Å². The Kier molecular flexibility index (Phi) is 3.84. The number of benzene rings is 2. The smallest absolute Gasteiger partial charge is 0.257 e. The van der Waals surface area contributed by atoms with Crippen molar-refractivity contribution in [2.45, 2.75) is 0 Å². The first-order valence-corrected chi connectivity index (χ1v) is 5.85. The highest BCUT2D eigenvalue weighted by molar-refractivity contribution is 6.08. The number of hydrogen-bond donors (Lipinski definition) is 3. The summed E-state index contributed by atoms with van der Waals surface area (Å²) in [6.45, 7) is 0. The van der Waals surface area contributed by atoms with Crippen LogP contribution < -0.4 is 16.8 Å². The fourth-order valence-corrected chi connectivity index (χ4v) is 1.73. The van der Waals surface area contributed by atoms with Gasteiger partial charge in [0.25, 0.3) is 11.8 Å². The van der Waals surface area contributed by atoms with Gasteiger partial charge in [0.15, 0.2) is 0 Å². The van der Waals surface area contributed by atoms with Gasteiger partial charge in [-0.25, -0.2) is 8.78 Å². The molecule has 2 aromatic rings. The van der Waals surface area contributed by atoms with Crippen molar-refractivity contribution in [2.75, 3.05) is 11.1 Å². The first-order valence-electron chi connectivity index (χ1n) is 5.85. The summed E-state index contributed by atoms with van der Waals surface area (Å²) in [5, 5.41) is 2.39. The van der Waals surface area contributed by atoms with Gasteiger partial charge in [0, 0.05) is 5.69 Å². The van der Waals surface area contributed by atoms with E-state index in [0.29, 0.717) is 0 Å². The van der Waals surface area contributed by atoms with Crippen LogP contribution >= 0.6 is 0 Å². The molecule has 0 unspecified atom stereocenters. The third kappa shape index (κ3) is 2.97. The highest BCUT2D eigenvalue weighted by Gasteiger charge is 2.14. The Bertz CT molecular complexity index is 732. The van der Waals surface area contributed by atoms with E-state index in [1.165, 1.54) is 18.2 Å². The monoisotopic (exact) mass is 291 g/mol. The van der Waals surface area contributed by atoms with Crippen molar-refractivity contribution in [3.05, 3.63) is 59.2 Å². The quantitative estimate of drug-likeness (QED) is 0.753. The average Bonchev–Trinajstić information content (AvgIpc) is 2.43. The van der Waals surface area contributed by atoms with Crippen molar-refractivity contribution in [3.8, 4) is 0 Å². The van der Waals surface area contributed by atoms with Crippen LogP contribution in [0.3, 0.4) is 0 Å². The molecule has 0 aliphatic carbocycles. The van der Waals surface area contributed by atoms with Crippen LogP contribution in [0.4, 0.5) is 20.2 Å². The number of primary amides is 1. The predicted molar refractivity (Wildman–Crippen MR) is 73.7 cm³/mol. The Morgan fingerprint density at radius 1 is 1.00 bits per heavy atom. The molecule has 21 heavy (non-hydrogen) atoms. The van der Waals surface area contributed by atoms with Gasteiger partial charge >= 0.3 is 0 Å². The zero-order valence-electron chi connectivity index (χ0n) is 10.7. The summed E-state index contributed by atoms with van der Waals surface area (Å²) in [7, 11) is 0. The normalized spacial score (nSPS) is 10.2. The standard InChI is InChI=1S/C14H11F2N3O2/c15-10-5-4-7(6-9(10)13(18)20)19-14(21)8-2-1-3-11(16)12(8)17/h1-6H,17H2,(H2,18,20)(H,19,21). The lowest BCUT2D eigenvalue weighted by Crippen LogP contribution is -2.17. The molecule has 0 saturated carbocycles. The highest BCUT2D eigenvalue weighted by Crippen LogP contribution is 2.19. The van der Waals surface area contributed by atoms with E-state index in [0.717, 1.165) is 18.2 Å². The minimum atomic E-state index is -0.964. The van der Waals surface area contributed by atoms with Gasteiger partial charge in [-0.05, 0) is 30.3 Å². The summed E-state index contributed by atoms with van der Waals surface area (Å²) >= 11 is 0. The van der Waals surface area contributed by atoms with Gasteiger partial charge in [-0.15, -0.1) is 0 Å². The summed E-state index contributed by atoms with van der Waals surface area (Å²) < 4.78 is 26.6. The number of halogens is 2. The molecule has 0 saturated heterocycles. The molecule has 5 nitrogen and oxygen atoms in total. The van der Waals surface area contributed by atoms with E-state index < -0.39 is 23.4 Å². The molecular weight excluding hydrogens is 280 g/mol. The van der Waals surface area contributed by atoms with Gasteiger partial charge in [-0.2, -0.15) is 0 Å². The second-order valence-electron chi connectivity index (χ2n) is 4.21. The van der Waals surface area contributed by atoms with E-state index in [1.807, 2.05) is 0 Å². The largest absolute Gasteiger partial charge is 0.396 e. The Labute approximate surface area is 118 Å². The van der Waals surface area contributed by atoms with E-state index in [4.69, 9.17) is 11.5 Å². The zero-order valence-corrected chi connectivity index (χ0v) is 10.7. The number of carbonyl (C=O) groups excluding carboxylic acids is 2. The molecule has 0 heterocycles. The van der Waals surface area contributed by atoms with Gasteiger partial charge < -0.3 is 16.8 Å². The van der Waals surface area contributed by atoms with Crippen molar-refractivity contribution >= 4 is 23.2 Å². The molecule has 7 heteroatoms. The van der Waals surface area contributed by atoms with E-state index in [1.54, 1.807) is 0 Å². The maximum Gasteiger partial charge on any atom is 0.257 e. The molecule has 0 bridgehead atoms. The number of amides is 2. The number of hydrogen-bond acceptors (Lipinski definition) is 3. The molecule has 0 atom stereocenters. The summed E-state index contributed by atoms with van der Waals surface area (Å²) in [6.07, 6.45) is 0. The number of carbonyl (C=O) groups is 2. The molecule has 5 N–H and O–H groups in total. The van der Waals surface area contributed by atoms with Crippen molar-refractivity contribution in [1.82, 2.24) is 0 Å². The topological polar surface area (TPSA) is 98.2 Å². The van der Waals surface area contributed by atoms with Crippen LogP contribution in [0.15, 0.2) is 36.4 Å². The number of anilines is 2. The van der Waals surface area contributed by atoms with Crippen molar-refractivity contribution < 1.29 is 18.4 Å². The number of rotatable bonds is 3. The second kappa shape index (κ2) is 5.58. The molecule has 0 fully saturated rings. The fraction of sp³-hybridized carbons (Fsp3) is 0. The van der Waals surface area contributed by atoms with E-state index in [2.05, 4.69) is 5.32 Å². The Hall–Kier alpha value is -2.96. The number of para-hydroxylation sites is 1. The lowest BCUT2D eigenvalue weighted by molar-refractivity contribution is 0.0992. The summed E-state index contributed by atoms with van der Waals surface area (Å²) in [5.74, 6) is -3.17. The van der Waals surface area contributed by atoms with Crippen LogP contribution in [-0.2, 0) is 0 Å². The Balaban J connectivity index is 2.30. The first kappa shape index (κ1) is 14.4.